The van der Waals surface area contributed by atoms with Gasteiger partial charge in [0.2, 0.25) is 17.7 Å². The van der Waals surface area contributed by atoms with Crippen LogP contribution in [0, 0.1) is 5.92 Å². The van der Waals surface area contributed by atoms with E-state index in [0.29, 0.717) is 11.1 Å². The minimum atomic E-state index is -1.14. The zero-order chi connectivity index (χ0) is 40.5. The van der Waals surface area contributed by atoms with Gasteiger partial charge >= 0.3 is 6.09 Å². The summed E-state index contributed by atoms with van der Waals surface area (Å²) in [6, 6.07) is 23.5. The Morgan fingerprint density at radius 1 is 0.618 bits per heavy atom. The quantitative estimate of drug-likeness (QED) is 0.118. The van der Waals surface area contributed by atoms with E-state index in [1.54, 1.807) is 81.4 Å². The molecule has 0 radical (unpaired) electrons. The molecular weight excluding hydrogens is 700 g/mol. The van der Waals surface area contributed by atoms with Gasteiger partial charge in [0.05, 0.1) is 0 Å². The molecule has 3 aromatic carbocycles. The molecule has 292 valence electrons. The highest BCUT2D eigenvalue weighted by Gasteiger charge is 2.29. The van der Waals surface area contributed by atoms with Crippen molar-refractivity contribution in [2.24, 2.45) is 5.92 Å². The average Bonchev–Trinajstić information content (AvgIpc) is 3.13. The van der Waals surface area contributed by atoms with Crippen LogP contribution in [0.1, 0.15) is 64.7 Å². The number of rotatable bonds is 16. The molecule has 0 spiro atoms. The van der Waals surface area contributed by atoms with Gasteiger partial charge in [-0.2, -0.15) is 0 Å². The van der Waals surface area contributed by atoms with Crippen LogP contribution in [0.4, 0.5) is 4.79 Å². The number of carbonyl (C=O) groups excluding carboxylic acids is 6. The number of carbonyl (C=O) groups is 6. The molecule has 0 unspecified atom stereocenters. The Balaban J connectivity index is 1.90. The van der Waals surface area contributed by atoms with Crippen LogP contribution in [0.15, 0.2) is 102 Å². The molecule has 0 fully saturated rings. The maximum absolute atomic E-state index is 14.0. The highest BCUT2D eigenvalue weighted by Crippen LogP contribution is 2.13. The van der Waals surface area contributed by atoms with Crippen LogP contribution in [-0.4, -0.2) is 66.4 Å². The SMILES string of the molecule is CNC(=O)[C@H](Cc1ccccc1)NC(=O)[C@H](C)NC(=O)/C(=C\c1ccccc1)NC(=O)/C(=C/c1ccccc1)NC(=O)[C@H](CC(C)C)NC(=O)OC(C)(C)C. The summed E-state index contributed by atoms with van der Waals surface area (Å²) in [6.07, 6.45) is 2.52. The van der Waals surface area contributed by atoms with E-state index in [4.69, 9.17) is 4.74 Å². The molecule has 13 heteroatoms. The monoisotopic (exact) mass is 752 g/mol. The highest BCUT2D eigenvalue weighted by molar-refractivity contribution is 6.09. The predicted molar refractivity (Wildman–Crippen MR) is 211 cm³/mol. The highest BCUT2D eigenvalue weighted by atomic mass is 16.6. The van der Waals surface area contributed by atoms with Crippen molar-refractivity contribution in [3.63, 3.8) is 0 Å². The number of nitrogens with one attached hydrogen (secondary N) is 6. The molecule has 0 aliphatic heterocycles. The lowest BCUT2D eigenvalue weighted by atomic mass is 10.0. The molecule has 6 N–H and O–H groups in total. The van der Waals surface area contributed by atoms with Gasteiger partial charge in [0, 0.05) is 13.5 Å². The molecule has 6 amide bonds. The van der Waals surface area contributed by atoms with Crippen molar-refractivity contribution in [3.05, 3.63) is 119 Å². The summed E-state index contributed by atoms with van der Waals surface area (Å²) >= 11 is 0. The van der Waals surface area contributed by atoms with E-state index in [9.17, 15) is 28.8 Å². The Kier molecular flexibility index (Phi) is 16.4. The Labute approximate surface area is 322 Å². The third-order valence-electron chi connectivity index (χ3n) is 7.83. The Bertz CT molecular complexity index is 1840. The fourth-order valence-electron chi connectivity index (χ4n) is 5.18. The van der Waals surface area contributed by atoms with Crippen molar-refractivity contribution in [2.45, 2.75) is 78.1 Å². The summed E-state index contributed by atoms with van der Waals surface area (Å²) in [5.74, 6) is -3.40. The van der Waals surface area contributed by atoms with Crippen LogP contribution < -0.4 is 31.9 Å². The molecule has 3 rings (SSSR count). The summed E-state index contributed by atoms with van der Waals surface area (Å²) in [5, 5.41) is 15.7. The first kappa shape index (κ1) is 43.2. The first-order valence-electron chi connectivity index (χ1n) is 18.1. The minimum absolute atomic E-state index is 0.0191. The molecule has 0 bridgehead atoms. The summed E-state index contributed by atoms with van der Waals surface area (Å²) in [4.78, 5) is 80.2. The molecule has 0 saturated heterocycles. The molecule has 0 aliphatic rings. The van der Waals surface area contributed by atoms with Crippen LogP contribution in [0.3, 0.4) is 0 Å². The number of likely N-dealkylation sites (N-methyl/N-ethyl adjacent to an activating group) is 1. The van der Waals surface area contributed by atoms with Crippen molar-refractivity contribution >= 4 is 47.8 Å². The van der Waals surface area contributed by atoms with Gasteiger partial charge in [0.1, 0.15) is 35.1 Å². The number of amides is 6. The second-order valence-corrected chi connectivity index (χ2v) is 14.3. The minimum Gasteiger partial charge on any atom is -0.444 e. The number of hydrogen-bond donors (Lipinski definition) is 6. The Morgan fingerprint density at radius 3 is 1.62 bits per heavy atom. The van der Waals surface area contributed by atoms with Gasteiger partial charge in [-0.15, -0.1) is 0 Å². The van der Waals surface area contributed by atoms with Gasteiger partial charge in [0.15, 0.2) is 0 Å². The lowest BCUT2D eigenvalue weighted by Gasteiger charge is -2.24. The summed E-state index contributed by atoms with van der Waals surface area (Å²) in [7, 11) is 1.46. The molecule has 0 heterocycles. The molecule has 0 saturated carbocycles. The first-order valence-corrected chi connectivity index (χ1v) is 18.1. The summed E-state index contributed by atoms with van der Waals surface area (Å²) < 4.78 is 5.37. The second kappa shape index (κ2) is 20.9. The zero-order valence-corrected chi connectivity index (χ0v) is 32.4. The average molecular weight is 753 g/mol. The third kappa shape index (κ3) is 15.3. The first-order chi connectivity index (χ1) is 26.0. The maximum atomic E-state index is 14.0. The fourth-order valence-corrected chi connectivity index (χ4v) is 5.18. The van der Waals surface area contributed by atoms with Gasteiger partial charge in [-0.05, 0) is 68.9 Å². The lowest BCUT2D eigenvalue weighted by molar-refractivity contribution is -0.131. The number of hydrogen-bond acceptors (Lipinski definition) is 7. The van der Waals surface area contributed by atoms with Gasteiger partial charge in [-0.25, -0.2) is 4.79 Å². The van der Waals surface area contributed by atoms with Crippen molar-refractivity contribution < 1.29 is 33.5 Å². The Morgan fingerprint density at radius 2 is 1.13 bits per heavy atom. The largest absolute Gasteiger partial charge is 0.444 e. The Hall–Kier alpha value is -6.24. The van der Waals surface area contributed by atoms with Crippen LogP contribution in [0.5, 0.6) is 0 Å². The topological polar surface area (TPSA) is 184 Å². The smallest absolute Gasteiger partial charge is 0.408 e. The zero-order valence-electron chi connectivity index (χ0n) is 32.4. The molecule has 3 atom stereocenters. The van der Waals surface area contributed by atoms with Crippen LogP contribution in [0.25, 0.3) is 12.2 Å². The summed E-state index contributed by atoms with van der Waals surface area (Å²) in [5.41, 5.74) is 0.688. The number of benzene rings is 3. The standard InChI is InChI=1S/C42H52N6O7/c1-27(2)23-32(48-41(54)55-42(4,5)6)39(52)47-35(26-31-21-15-10-16-22-31)40(53)46-34(25-30-19-13-9-14-20-30)38(51)44-28(3)36(49)45-33(37(50)43-7)24-29-17-11-8-12-18-29/h8-22,25-28,32-33H,23-24H2,1-7H3,(H,43,50)(H,44,51)(H,45,49)(H,46,53)(H,47,52)(H,48,54)/b34-25+,35-26-/t28-,32-,33-/m0/s1. The van der Waals surface area contributed by atoms with Gasteiger partial charge in [-0.1, -0.05) is 105 Å². The number of ether oxygens (including phenoxy) is 1. The van der Waals surface area contributed by atoms with E-state index in [2.05, 4.69) is 31.9 Å². The van der Waals surface area contributed by atoms with Crippen LogP contribution in [-0.2, 0) is 35.1 Å². The molecular formula is C42H52N6O7. The predicted octanol–water partition coefficient (Wildman–Crippen LogP) is 4.22. The van der Waals surface area contributed by atoms with Crippen molar-refractivity contribution in [1.82, 2.24) is 31.9 Å². The van der Waals surface area contributed by atoms with E-state index in [1.165, 1.54) is 26.1 Å². The van der Waals surface area contributed by atoms with Gasteiger partial charge < -0.3 is 36.6 Å². The fraction of sp³-hybridized carbons (Fsp3) is 0.333. The van der Waals surface area contributed by atoms with Crippen LogP contribution in [0.2, 0.25) is 0 Å². The molecule has 13 nitrogen and oxygen atoms in total. The second-order valence-electron chi connectivity index (χ2n) is 14.3. The van der Waals surface area contributed by atoms with E-state index in [1.807, 2.05) is 44.2 Å². The molecule has 0 aliphatic carbocycles. The summed E-state index contributed by atoms with van der Waals surface area (Å²) in [6.45, 7) is 10.3. The molecule has 0 aromatic heterocycles. The van der Waals surface area contributed by atoms with Crippen molar-refractivity contribution in [2.75, 3.05) is 7.05 Å². The molecule has 55 heavy (non-hydrogen) atoms. The van der Waals surface area contributed by atoms with Crippen LogP contribution >= 0.6 is 0 Å². The third-order valence-corrected chi connectivity index (χ3v) is 7.83. The van der Waals surface area contributed by atoms with Gasteiger partial charge in [-0.3, -0.25) is 24.0 Å². The molecule has 3 aromatic rings. The maximum Gasteiger partial charge on any atom is 0.408 e. The van der Waals surface area contributed by atoms with Crippen molar-refractivity contribution in [1.29, 1.82) is 0 Å². The van der Waals surface area contributed by atoms with E-state index in [0.717, 1.165) is 5.56 Å². The van der Waals surface area contributed by atoms with E-state index < -0.39 is 59.4 Å². The van der Waals surface area contributed by atoms with E-state index >= 15 is 0 Å². The normalized spacial score (nSPS) is 13.4. The lowest BCUT2D eigenvalue weighted by Crippen LogP contribution is -2.54. The van der Waals surface area contributed by atoms with E-state index in [-0.39, 0.29) is 30.2 Å². The number of alkyl carbamates (subject to hydrolysis) is 1. The van der Waals surface area contributed by atoms with Crippen molar-refractivity contribution in [3.8, 4) is 0 Å². The van der Waals surface area contributed by atoms with Gasteiger partial charge in [0.25, 0.3) is 11.8 Å².